The molecule has 27 heavy (non-hydrogen) atoms. The number of thiophene rings is 1. The van der Waals surface area contributed by atoms with E-state index in [-0.39, 0.29) is 17.9 Å². The fourth-order valence-electron chi connectivity index (χ4n) is 2.83. The van der Waals surface area contributed by atoms with E-state index in [4.69, 9.17) is 0 Å². The first-order valence-electron chi connectivity index (χ1n) is 8.71. The molecule has 0 unspecified atom stereocenters. The topological polar surface area (TPSA) is 74.8 Å². The minimum absolute atomic E-state index is 0.0832. The molecule has 0 aliphatic carbocycles. The Morgan fingerprint density at radius 1 is 1.00 bits per heavy atom. The number of quaternary nitrogens is 1. The van der Waals surface area contributed by atoms with Crippen molar-refractivity contribution in [2.45, 2.75) is 6.04 Å². The lowest BCUT2D eigenvalue weighted by atomic mass is 10.1. The molecule has 4 N–H and O–H groups in total. The molecule has 2 amide bonds. The number of anilines is 1. The van der Waals surface area contributed by atoms with Gasteiger partial charge in [-0.05, 0) is 35.7 Å². The van der Waals surface area contributed by atoms with Crippen LogP contribution in [-0.4, -0.2) is 25.4 Å². The Hall–Kier alpha value is -2.96. The van der Waals surface area contributed by atoms with Crippen LogP contribution in [0.15, 0.2) is 72.1 Å². The number of hydrogen-bond donors (Lipinski definition) is 3. The van der Waals surface area contributed by atoms with E-state index >= 15 is 0 Å². The van der Waals surface area contributed by atoms with E-state index in [1.54, 1.807) is 42.6 Å². The van der Waals surface area contributed by atoms with Crippen molar-refractivity contribution in [1.29, 1.82) is 0 Å². The average molecular weight is 380 g/mol. The lowest BCUT2D eigenvalue weighted by Crippen LogP contribution is -2.87. The van der Waals surface area contributed by atoms with Gasteiger partial charge >= 0.3 is 0 Å². The normalized spacial score (nSPS) is 11.6. The summed E-state index contributed by atoms with van der Waals surface area (Å²) in [4.78, 5) is 25.2. The number of carbonyl (C=O) groups excluding carboxylic acids is 2. The number of benzene rings is 2. The zero-order valence-electron chi connectivity index (χ0n) is 15.0. The third kappa shape index (κ3) is 5.03. The van der Waals surface area contributed by atoms with Crippen molar-refractivity contribution in [3.05, 3.63) is 88.1 Å². The summed E-state index contributed by atoms with van der Waals surface area (Å²) in [6.45, 7) is 0.300. The van der Waals surface area contributed by atoms with E-state index in [1.807, 2.05) is 35.0 Å². The Morgan fingerprint density at radius 2 is 1.74 bits per heavy atom. The second-order valence-electron chi connectivity index (χ2n) is 6.05. The molecule has 0 fully saturated rings. The number of carbonyl (C=O) groups is 2. The fourth-order valence-corrected chi connectivity index (χ4v) is 3.68. The van der Waals surface area contributed by atoms with Crippen LogP contribution in [0.2, 0.25) is 0 Å². The van der Waals surface area contributed by atoms with Gasteiger partial charge in [0.1, 0.15) is 6.04 Å². The van der Waals surface area contributed by atoms with Crippen molar-refractivity contribution >= 4 is 28.8 Å². The lowest BCUT2D eigenvalue weighted by Gasteiger charge is -2.14. The Balaban J connectivity index is 1.62. The first kappa shape index (κ1) is 18.8. The van der Waals surface area contributed by atoms with Crippen LogP contribution in [0.4, 0.5) is 5.69 Å². The van der Waals surface area contributed by atoms with E-state index in [1.165, 1.54) is 10.4 Å². The predicted molar refractivity (Wildman–Crippen MR) is 108 cm³/mol. The minimum atomic E-state index is -0.150. The van der Waals surface area contributed by atoms with E-state index < -0.39 is 0 Å². The molecule has 0 aliphatic heterocycles. The summed E-state index contributed by atoms with van der Waals surface area (Å²) >= 11 is 1.69. The van der Waals surface area contributed by atoms with Gasteiger partial charge in [0.25, 0.3) is 11.8 Å². The van der Waals surface area contributed by atoms with Crippen molar-refractivity contribution in [1.82, 2.24) is 5.32 Å². The molecule has 3 rings (SSSR count). The van der Waals surface area contributed by atoms with Gasteiger partial charge in [0, 0.05) is 23.9 Å². The molecule has 1 aromatic heterocycles. The zero-order valence-corrected chi connectivity index (χ0v) is 15.8. The number of rotatable bonds is 7. The Morgan fingerprint density at radius 3 is 2.37 bits per heavy atom. The second-order valence-corrected chi connectivity index (χ2v) is 7.03. The van der Waals surface area contributed by atoms with Gasteiger partial charge < -0.3 is 16.0 Å². The standard InChI is InChI=1S/C21H21N3O2S/c1-22-21(26)16-9-11-17(12-10-16)24-19(25)14-23-20(18-8-5-13-27-18)15-6-3-2-4-7-15/h2-13,20,23H,14H2,1H3,(H,22,26)(H,24,25)/p+1/t20-/m1/s1. The molecule has 0 spiro atoms. The van der Waals surface area contributed by atoms with Crippen LogP contribution in [0.1, 0.15) is 26.8 Å². The van der Waals surface area contributed by atoms with Crippen molar-refractivity contribution in [3.63, 3.8) is 0 Å². The number of hydrogen-bond acceptors (Lipinski definition) is 3. The van der Waals surface area contributed by atoms with Gasteiger partial charge in [0.05, 0.1) is 4.88 Å². The maximum Gasteiger partial charge on any atom is 0.279 e. The summed E-state index contributed by atoms with van der Waals surface area (Å²) < 4.78 is 0. The van der Waals surface area contributed by atoms with Crippen LogP contribution in [0.3, 0.4) is 0 Å². The monoisotopic (exact) mass is 380 g/mol. The highest BCUT2D eigenvalue weighted by Gasteiger charge is 2.19. The maximum absolute atomic E-state index is 12.4. The lowest BCUT2D eigenvalue weighted by molar-refractivity contribution is -0.675. The van der Waals surface area contributed by atoms with E-state index in [0.29, 0.717) is 17.8 Å². The molecule has 3 aromatic rings. The van der Waals surface area contributed by atoms with E-state index in [9.17, 15) is 9.59 Å². The molecule has 6 heteroatoms. The molecule has 0 bridgehead atoms. The maximum atomic E-state index is 12.4. The molecular formula is C21H22N3O2S+. The SMILES string of the molecule is CNC(=O)c1ccc(NC(=O)C[NH2+][C@H](c2ccccc2)c2cccs2)cc1. The summed E-state index contributed by atoms with van der Waals surface area (Å²) in [5, 5.41) is 9.54. The van der Waals surface area contributed by atoms with E-state index in [2.05, 4.69) is 28.8 Å². The molecular weight excluding hydrogens is 358 g/mol. The van der Waals surface area contributed by atoms with Crippen molar-refractivity contribution in [2.75, 3.05) is 18.9 Å². The largest absolute Gasteiger partial charge is 0.355 e. The highest BCUT2D eigenvalue weighted by molar-refractivity contribution is 7.10. The molecule has 0 saturated heterocycles. The predicted octanol–water partition coefficient (Wildman–Crippen LogP) is 2.40. The minimum Gasteiger partial charge on any atom is -0.355 e. The fraction of sp³-hybridized carbons (Fsp3) is 0.143. The van der Waals surface area contributed by atoms with Gasteiger partial charge in [-0.25, -0.2) is 0 Å². The highest BCUT2D eigenvalue weighted by atomic mass is 32.1. The zero-order chi connectivity index (χ0) is 19.1. The van der Waals surface area contributed by atoms with Crippen LogP contribution >= 0.6 is 11.3 Å². The Bertz CT molecular complexity index is 878. The Kier molecular flexibility index (Phi) is 6.35. The van der Waals surface area contributed by atoms with Crippen molar-refractivity contribution in [3.8, 4) is 0 Å². The first-order chi connectivity index (χ1) is 13.2. The Labute approximate surface area is 162 Å². The molecule has 0 saturated carbocycles. The van der Waals surface area contributed by atoms with Crippen molar-refractivity contribution < 1.29 is 14.9 Å². The third-order valence-electron chi connectivity index (χ3n) is 4.21. The van der Waals surface area contributed by atoms with Crippen LogP contribution in [-0.2, 0) is 4.79 Å². The molecule has 1 atom stereocenters. The van der Waals surface area contributed by atoms with Crippen LogP contribution in [0.25, 0.3) is 0 Å². The average Bonchev–Trinajstić information content (AvgIpc) is 3.23. The van der Waals surface area contributed by atoms with Crippen LogP contribution in [0.5, 0.6) is 0 Å². The smallest absolute Gasteiger partial charge is 0.279 e. The summed E-state index contributed by atoms with van der Waals surface area (Å²) in [6.07, 6.45) is 0. The molecule has 1 heterocycles. The highest BCUT2D eigenvalue weighted by Crippen LogP contribution is 2.22. The van der Waals surface area contributed by atoms with Gasteiger partial charge in [-0.2, -0.15) is 0 Å². The number of nitrogens with two attached hydrogens (primary N) is 1. The van der Waals surface area contributed by atoms with Gasteiger partial charge in [-0.15, -0.1) is 11.3 Å². The van der Waals surface area contributed by atoms with Gasteiger partial charge in [0.15, 0.2) is 6.54 Å². The van der Waals surface area contributed by atoms with Crippen LogP contribution in [0, 0.1) is 0 Å². The van der Waals surface area contributed by atoms with Crippen LogP contribution < -0.4 is 16.0 Å². The van der Waals surface area contributed by atoms with Gasteiger partial charge in [0.2, 0.25) is 0 Å². The summed E-state index contributed by atoms with van der Waals surface area (Å²) in [5.74, 6) is -0.233. The molecule has 138 valence electrons. The molecule has 2 aromatic carbocycles. The summed E-state index contributed by atoms with van der Waals surface area (Å²) in [5.41, 5.74) is 2.40. The number of amides is 2. The first-order valence-corrected chi connectivity index (χ1v) is 9.59. The molecule has 0 aliphatic rings. The molecule has 0 radical (unpaired) electrons. The van der Waals surface area contributed by atoms with E-state index in [0.717, 1.165) is 0 Å². The number of nitrogens with one attached hydrogen (secondary N) is 2. The second kappa shape index (κ2) is 9.12. The molecule has 5 nitrogen and oxygen atoms in total. The van der Waals surface area contributed by atoms with Gasteiger partial charge in [-0.3, -0.25) is 9.59 Å². The third-order valence-corrected chi connectivity index (χ3v) is 5.16. The summed E-state index contributed by atoms with van der Waals surface area (Å²) in [7, 11) is 1.59. The van der Waals surface area contributed by atoms with Crippen molar-refractivity contribution in [2.24, 2.45) is 0 Å². The van der Waals surface area contributed by atoms with Gasteiger partial charge in [-0.1, -0.05) is 36.4 Å². The quantitative estimate of drug-likeness (QED) is 0.589. The summed E-state index contributed by atoms with van der Waals surface area (Å²) in [6, 6.07) is 21.2.